The molecule has 8 heteroatoms. The SMILES string of the molecule is O=C1S/C(=C\c2ccc(OCc3ccc(Cl)cc3)c(Br)c2)C(=O)N1Cc1ccccc1Br. The van der Waals surface area contributed by atoms with E-state index in [-0.39, 0.29) is 17.7 Å². The molecule has 0 aromatic heterocycles. The fourth-order valence-corrected chi connectivity index (χ4v) is 4.94. The van der Waals surface area contributed by atoms with E-state index in [9.17, 15) is 9.59 Å². The first-order chi connectivity index (χ1) is 15.4. The van der Waals surface area contributed by atoms with Gasteiger partial charge in [0.2, 0.25) is 0 Å². The highest BCUT2D eigenvalue weighted by molar-refractivity contribution is 9.10. The van der Waals surface area contributed by atoms with Gasteiger partial charge in [-0.15, -0.1) is 0 Å². The molecule has 0 N–H and O–H groups in total. The Morgan fingerprint density at radius 1 is 0.969 bits per heavy atom. The highest BCUT2D eigenvalue weighted by atomic mass is 79.9. The molecule has 0 saturated carbocycles. The second-order valence-electron chi connectivity index (χ2n) is 6.96. The van der Waals surface area contributed by atoms with Crippen molar-refractivity contribution >= 4 is 72.4 Å². The molecule has 0 aliphatic carbocycles. The standard InChI is InChI=1S/C24H16Br2ClNO3S/c25-19-4-2-1-3-17(19)13-28-23(29)22(32-24(28)30)12-16-7-10-21(20(26)11-16)31-14-15-5-8-18(27)9-6-15/h1-12H,13-14H2/b22-12-. The molecule has 2 amide bonds. The van der Waals surface area contributed by atoms with Gasteiger partial charge < -0.3 is 4.74 Å². The van der Waals surface area contributed by atoms with E-state index in [2.05, 4.69) is 31.9 Å². The topological polar surface area (TPSA) is 46.6 Å². The minimum atomic E-state index is -0.296. The zero-order valence-electron chi connectivity index (χ0n) is 16.6. The summed E-state index contributed by atoms with van der Waals surface area (Å²) in [7, 11) is 0. The van der Waals surface area contributed by atoms with Crippen LogP contribution in [0.25, 0.3) is 6.08 Å². The van der Waals surface area contributed by atoms with E-state index < -0.39 is 0 Å². The molecule has 0 unspecified atom stereocenters. The Kier molecular flexibility index (Phi) is 7.40. The smallest absolute Gasteiger partial charge is 0.293 e. The van der Waals surface area contributed by atoms with Gasteiger partial charge in [0.05, 0.1) is 15.9 Å². The van der Waals surface area contributed by atoms with Gasteiger partial charge in [-0.3, -0.25) is 14.5 Å². The summed E-state index contributed by atoms with van der Waals surface area (Å²) in [5.41, 5.74) is 2.67. The molecule has 0 atom stereocenters. The predicted octanol–water partition coefficient (Wildman–Crippen LogP) is 7.68. The molecule has 0 radical (unpaired) electrons. The molecule has 32 heavy (non-hydrogen) atoms. The first-order valence-corrected chi connectivity index (χ1v) is 12.3. The number of ether oxygens (including phenoxy) is 1. The lowest BCUT2D eigenvalue weighted by atomic mass is 10.2. The van der Waals surface area contributed by atoms with E-state index in [0.717, 1.165) is 37.4 Å². The summed E-state index contributed by atoms with van der Waals surface area (Å²) >= 11 is 13.8. The van der Waals surface area contributed by atoms with Crippen molar-refractivity contribution in [1.29, 1.82) is 0 Å². The quantitative estimate of drug-likeness (QED) is 0.275. The van der Waals surface area contributed by atoms with Crippen LogP contribution in [0.3, 0.4) is 0 Å². The maximum absolute atomic E-state index is 12.8. The van der Waals surface area contributed by atoms with Crippen LogP contribution in [0.1, 0.15) is 16.7 Å². The lowest BCUT2D eigenvalue weighted by molar-refractivity contribution is -0.123. The summed E-state index contributed by atoms with van der Waals surface area (Å²) in [6, 6.07) is 20.5. The van der Waals surface area contributed by atoms with E-state index in [1.807, 2.05) is 66.7 Å². The zero-order valence-corrected chi connectivity index (χ0v) is 21.3. The maximum Gasteiger partial charge on any atom is 0.293 e. The average Bonchev–Trinajstić information content (AvgIpc) is 3.03. The van der Waals surface area contributed by atoms with Crippen LogP contribution < -0.4 is 4.74 Å². The molecule has 3 aromatic rings. The number of hydrogen-bond acceptors (Lipinski definition) is 4. The molecule has 1 saturated heterocycles. The van der Waals surface area contributed by atoms with Crippen molar-refractivity contribution < 1.29 is 14.3 Å². The van der Waals surface area contributed by atoms with E-state index >= 15 is 0 Å². The molecule has 0 spiro atoms. The van der Waals surface area contributed by atoms with Crippen molar-refractivity contribution in [1.82, 2.24) is 4.90 Å². The lowest BCUT2D eigenvalue weighted by Gasteiger charge is -2.13. The Hall–Kier alpha value is -2.06. The van der Waals surface area contributed by atoms with E-state index in [1.54, 1.807) is 6.08 Å². The number of amides is 2. The van der Waals surface area contributed by atoms with Crippen LogP contribution in [0.2, 0.25) is 5.02 Å². The van der Waals surface area contributed by atoms with Crippen LogP contribution >= 0.6 is 55.2 Å². The van der Waals surface area contributed by atoms with Gasteiger partial charge in [-0.1, -0.05) is 63.9 Å². The predicted molar refractivity (Wildman–Crippen MR) is 136 cm³/mol. The normalized spacial score (nSPS) is 15.0. The van der Waals surface area contributed by atoms with Crippen molar-refractivity contribution in [3.05, 3.63) is 102 Å². The average molecular weight is 594 g/mol. The van der Waals surface area contributed by atoms with Crippen LogP contribution in [0.4, 0.5) is 4.79 Å². The minimum Gasteiger partial charge on any atom is -0.488 e. The Morgan fingerprint density at radius 3 is 2.44 bits per heavy atom. The summed E-state index contributed by atoms with van der Waals surface area (Å²) in [5, 5.41) is 0.402. The third-order valence-corrected chi connectivity index (χ3v) is 7.27. The summed E-state index contributed by atoms with van der Waals surface area (Å²) in [6.07, 6.45) is 1.72. The van der Waals surface area contributed by atoms with Crippen LogP contribution in [0, 0.1) is 0 Å². The summed E-state index contributed by atoms with van der Waals surface area (Å²) in [6.45, 7) is 0.633. The minimum absolute atomic E-state index is 0.227. The van der Waals surface area contributed by atoms with Gasteiger partial charge in [-0.25, -0.2) is 0 Å². The third-order valence-electron chi connectivity index (χ3n) is 4.72. The van der Waals surface area contributed by atoms with Gasteiger partial charge in [0, 0.05) is 9.50 Å². The van der Waals surface area contributed by atoms with E-state index in [4.69, 9.17) is 16.3 Å². The lowest BCUT2D eigenvalue weighted by Crippen LogP contribution is -2.27. The van der Waals surface area contributed by atoms with Crippen LogP contribution in [-0.4, -0.2) is 16.0 Å². The third kappa shape index (κ3) is 5.46. The summed E-state index contributed by atoms with van der Waals surface area (Å²) < 4.78 is 7.49. The van der Waals surface area contributed by atoms with E-state index in [0.29, 0.717) is 22.3 Å². The fraction of sp³-hybridized carbons (Fsp3) is 0.0833. The van der Waals surface area contributed by atoms with Crippen molar-refractivity contribution in [2.75, 3.05) is 0 Å². The van der Waals surface area contributed by atoms with Crippen molar-refractivity contribution in [3.63, 3.8) is 0 Å². The molecule has 4 rings (SSSR count). The van der Waals surface area contributed by atoms with E-state index in [1.165, 1.54) is 4.90 Å². The number of thioether (sulfide) groups is 1. The fourth-order valence-electron chi connectivity index (χ4n) is 3.05. The van der Waals surface area contributed by atoms with Gasteiger partial charge in [-0.05, 0) is 80.8 Å². The van der Waals surface area contributed by atoms with Gasteiger partial charge in [0.25, 0.3) is 11.1 Å². The number of nitrogens with zero attached hydrogens (tertiary/aromatic N) is 1. The molecule has 162 valence electrons. The number of rotatable bonds is 6. The molecular formula is C24H16Br2ClNO3S. The molecule has 0 bridgehead atoms. The molecule has 3 aromatic carbocycles. The highest BCUT2D eigenvalue weighted by Crippen LogP contribution is 2.35. The number of hydrogen-bond donors (Lipinski definition) is 0. The molecule has 1 aliphatic rings. The molecular weight excluding hydrogens is 578 g/mol. The molecule has 4 nitrogen and oxygen atoms in total. The summed E-state index contributed by atoms with van der Waals surface area (Å²) in [4.78, 5) is 26.9. The monoisotopic (exact) mass is 591 g/mol. The van der Waals surface area contributed by atoms with Crippen molar-refractivity contribution in [3.8, 4) is 5.75 Å². The summed E-state index contributed by atoms with van der Waals surface area (Å²) in [5.74, 6) is 0.383. The van der Waals surface area contributed by atoms with Crippen molar-refractivity contribution in [2.24, 2.45) is 0 Å². The Bertz CT molecular complexity index is 1210. The first-order valence-electron chi connectivity index (χ1n) is 9.56. The molecule has 1 fully saturated rings. The number of carbonyl (C=O) groups is 2. The highest BCUT2D eigenvalue weighted by Gasteiger charge is 2.35. The van der Waals surface area contributed by atoms with Crippen LogP contribution in [0.15, 0.2) is 80.6 Å². The Morgan fingerprint density at radius 2 is 1.72 bits per heavy atom. The number of imide groups is 1. The van der Waals surface area contributed by atoms with Crippen LogP contribution in [0.5, 0.6) is 5.75 Å². The maximum atomic E-state index is 12.8. The largest absolute Gasteiger partial charge is 0.488 e. The number of benzene rings is 3. The molecule has 1 heterocycles. The van der Waals surface area contributed by atoms with Crippen LogP contribution in [-0.2, 0) is 17.9 Å². The van der Waals surface area contributed by atoms with Gasteiger partial charge >= 0.3 is 0 Å². The first kappa shape index (κ1) is 23.1. The Balaban J connectivity index is 1.45. The number of halogens is 3. The second kappa shape index (κ2) is 10.3. The second-order valence-corrected chi connectivity index (χ2v) is 10.1. The molecule has 1 aliphatic heterocycles. The Labute approximate surface area is 211 Å². The zero-order chi connectivity index (χ0) is 22.7. The van der Waals surface area contributed by atoms with Gasteiger partial charge in [0.15, 0.2) is 0 Å². The number of carbonyl (C=O) groups excluding carboxylic acids is 2. The van der Waals surface area contributed by atoms with Crippen molar-refractivity contribution in [2.45, 2.75) is 13.2 Å². The van der Waals surface area contributed by atoms with Gasteiger partial charge in [-0.2, -0.15) is 0 Å². The van der Waals surface area contributed by atoms with Gasteiger partial charge in [0.1, 0.15) is 12.4 Å².